The minimum atomic E-state index is -0.712. The fourth-order valence-corrected chi connectivity index (χ4v) is 2.67. The van der Waals surface area contributed by atoms with Gasteiger partial charge in [-0.1, -0.05) is 11.6 Å². The van der Waals surface area contributed by atoms with Gasteiger partial charge in [0.2, 0.25) is 0 Å². The third-order valence-corrected chi connectivity index (χ3v) is 3.69. The average Bonchev–Trinajstić information content (AvgIpc) is 2.46. The first-order valence-electron chi connectivity index (χ1n) is 6.64. The number of rotatable bonds is 2. The summed E-state index contributed by atoms with van der Waals surface area (Å²) in [5.41, 5.74) is 3.01. The molecule has 2 rings (SSSR count). The van der Waals surface area contributed by atoms with Crippen LogP contribution in [0.15, 0.2) is 40.7 Å². The van der Waals surface area contributed by atoms with Gasteiger partial charge in [0.05, 0.1) is 34.1 Å². The second kappa shape index (κ2) is 5.71. The van der Waals surface area contributed by atoms with Crippen molar-refractivity contribution in [1.82, 2.24) is 5.32 Å². The predicted octanol–water partition coefficient (Wildman–Crippen LogP) is 3.19. The highest BCUT2D eigenvalue weighted by molar-refractivity contribution is 5.60. The highest BCUT2D eigenvalue weighted by atomic mass is 16.6. The monoisotopic (exact) mass is 294 g/mol. The number of nitrogens with one attached hydrogen (secondary N) is 1. The van der Waals surface area contributed by atoms with Crippen LogP contribution in [0.2, 0.25) is 0 Å². The fourth-order valence-electron chi connectivity index (χ4n) is 2.67. The van der Waals surface area contributed by atoms with Crippen LogP contribution in [0.4, 0.5) is 5.69 Å². The number of aryl methyl sites for hydroxylation is 1. The first-order chi connectivity index (χ1) is 10.4. The molecule has 0 radical (unpaired) electrons. The summed E-state index contributed by atoms with van der Waals surface area (Å²) in [6.07, 6.45) is 0. The molecule has 1 aromatic carbocycles. The Morgan fingerprint density at radius 3 is 2.14 bits per heavy atom. The summed E-state index contributed by atoms with van der Waals surface area (Å²) >= 11 is 0. The van der Waals surface area contributed by atoms with E-state index in [0.717, 1.165) is 5.56 Å². The lowest BCUT2D eigenvalue weighted by atomic mass is 9.80. The number of dihydropyridines is 1. The van der Waals surface area contributed by atoms with Crippen molar-refractivity contribution in [3.05, 3.63) is 62.0 Å². The van der Waals surface area contributed by atoms with Crippen LogP contribution < -0.4 is 5.32 Å². The number of nitro groups is 1. The van der Waals surface area contributed by atoms with Gasteiger partial charge >= 0.3 is 0 Å². The van der Waals surface area contributed by atoms with Crippen molar-refractivity contribution in [3.63, 3.8) is 0 Å². The Morgan fingerprint density at radius 1 is 1.14 bits per heavy atom. The van der Waals surface area contributed by atoms with Gasteiger partial charge in [0, 0.05) is 23.0 Å². The maximum absolute atomic E-state index is 11.3. The highest BCUT2D eigenvalue weighted by Gasteiger charge is 2.33. The van der Waals surface area contributed by atoms with E-state index in [9.17, 15) is 20.6 Å². The zero-order valence-corrected chi connectivity index (χ0v) is 12.5. The number of hydrogen-bond donors (Lipinski definition) is 1. The Labute approximate surface area is 128 Å². The molecule has 22 heavy (non-hydrogen) atoms. The molecule has 1 N–H and O–H groups in total. The van der Waals surface area contributed by atoms with Gasteiger partial charge in [-0.25, -0.2) is 0 Å². The van der Waals surface area contributed by atoms with Gasteiger partial charge in [0.15, 0.2) is 0 Å². The molecule has 0 spiro atoms. The topological polar surface area (TPSA) is 103 Å². The molecule has 0 saturated carbocycles. The Morgan fingerprint density at radius 2 is 1.68 bits per heavy atom. The molecule has 1 heterocycles. The minimum Gasteiger partial charge on any atom is -0.361 e. The summed E-state index contributed by atoms with van der Waals surface area (Å²) in [6, 6.07) is 8.90. The molecule has 0 unspecified atom stereocenters. The molecule has 1 aliphatic rings. The molecule has 0 amide bonds. The van der Waals surface area contributed by atoms with Gasteiger partial charge in [-0.15, -0.1) is 0 Å². The fraction of sp³-hybridized carbons (Fsp3) is 0.250. The van der Waals surface area contributed by atoms with E-state index in [0.29, 0.717) is 28.1 Å². The molecule has 1 aromatic rings. The lowest BCUT2D eigenvalue weighted by Gasteiger charge is -2.26. The van der Waals surface area contributed by atoms with Crippen molar-refractivity contribution in [2.24, 2.45) is 0 Å². The van der Waals surface area contributed by atoms with Crippen molar-refractivity contribution < 1.29 is 4.92 Å². The second-order valence-electron chi connectivity index (χ2n) is 5.18. The molecule has 110 valence electrons. The SMILES string of the molecule is CC1=C(C#N)C(c2cc(C)ccc2[N+](=O)[O-])C(C#N)=C(C)N1. The van der Waals surface area contributed by atoms with Gasteiger partial charge < -0.3 is 5.32 Å². The standard InChI is InChI=1S/C16H14N4O2/c1-9-4-5-15(20(21)22)12(6-9)16-13(7-17)10(2)19-11(3)14(16)8-18/h4-6,16,19H,1-3H3. The lowest BCUT2D eigenvalue weighted by molar-refractivity contribution is -0.385. The van der Waals surface area contributed by atoms with Crippen molar-refractivity contribution >= 4 is 5.69 Å². The van der Waals surface area contributed by atoms with Gasteiger partial charge in [-0.05, 0) is 26.8 Å². The summed E-state index contributed by atoms with van der Waals surface area (Å²) in [4.78, 5) is 10.8. The third-order valence-electron chi connectivity index (χ3n) is 3.69. The van der Waals surface area contributed by atoms with Gasteiger partial charge in [0.25, 0.3) is 5.69 Å². The molecule has 1 aliphatic heterocycles. The van der Waals surface area contributed by atoms with E-state index in [1.807, 2.05) is 6.92 Å². The Kier molecular flexibility index (Phi) is 3.96. The van der Waals surface area contributed by atoms with Gasteiger partial charge in [-0.2, -0.15) is 10.5 Å². The summed E-state index contributed by atoms with van der Waals surface area (Å²) in [6.45, 7) is 5.27. The normalized spacial score (nSPS) is 15.1. The van der Waals surface area contributed by atoms with E-state index in [2.05, 4.69) is 17.5 Å². The van der Waals surface area contributed by atoms with E-state index in [-0.39, 0.29) is 5.69 Å². The van der Waals surface area contributed by atoms with Gasteiger partial charge in [-0.3, -0.25) is 10.1 Å². The summed E-state index contributed by atoms with van der Waals surface area (Å²) in [5, 5.41) is 33.2. The van der Waals surface area contributed by atoms with Crippen LogP contribution in [0.3, 0.4) is 0 Å². The third kappa shape index (κ3) is 2.43. The molecule has 6 heteroatoms. The summed E-state index contributed by atoms with van der Waals surface area (Å²) < 4.78 is 0. The van der Waals surface area contributed by atoms with Gasteiger partial charge in [0.1, 0.15) is 0 Å². The molecule has 0 saturated heterocycles. The maximum Gasteiger partial charge on any atom is 0.273 e. The molecular weight excluding hydrogens is 280 g/mol. The van der Waals surface area contributed by atoms with E-state index >= 15 is 0 Å². The predicted molar refractivity (Wildman–Crippen MR) is 80.3 cm³/mol. The van der Waals surface area contributed by atoms with E-state index in [4.69, 9.17) is 0 Å². The largest absolute Gasteiger partial charge is 0.361 e. The van der Waals surface area contributed by atoms with Crippen LogP contribution in [-0.2, 0) is 0 Å². The van der Waals surface area contributed by atoms with Crippen molar-refractivity contribution in [3.8, 4) is 12.1 Å². The van der Waals surface area contributed by atoms with Crippen LogP contribution >= 0.6 is 0 Å². The average molecular weight is 294 g/mol. The smallest absolute Gasteiger partial charge is 0.273 e. The number of nitriles is 2. The molecule has 0 fully saturated rings. The minimum absolute atomic E-state index is 0.0846. The zero-order valence-electron chi connectivity index (χ0n) is 12.5. The van der Waals surface area contributed by atoms with Crippen LogP contribution in [0.25, 0.3) is 0 Å². The van der Waals surface area contributed by atoms with Crippen molar-refractivity contribution in [2.75, 3.05) is 0 Å². The Balaban J connectivity index is 2.80. The number of nitrogens with zero attached hydrogens (tertiary/aromatic N) is 3. The number of allylic oxidation sites excluding steroid dienone is 4. The molecule has 0 aliphatic carbocycles. The van der Waals surface area contributed by atoms with Crippen LogP contribution in [-0.4, -0.2) is 4.92 Å². The molecule has 6 nitrogen and oxygen atoms in total. The van der Waals surface area contributed by atoms with Crippen molar-refractivity contribution in [1.29, 1.82) is 10.5 Å². The lowest BCUT2D eigenvalue weighted by Crippen LogP contribution is -2.24. The Hall–Kier alpha value is -3.12. The number of nitro benzene ring substituents is 1. The van der Waals surface area contributed by atoms with E-state index in [1.165, 1.54) is 6.07 Å². The zero-order chi connectivity index (χ0) is 16.4. The van der Waals surface area contributed by atoms with Crippen LogP contribution in [0, 0.1) is 39.7 Å². The highest BCUT2D eigenvalue weighted by Crippen LogP contribution is 2.41. The molecular formula is C16H14N4O2. The Bertz CT molecular complexity index is 770. The molecule has 0 aromatic heterocycles. The van der Waals surface area contributed by atoms with Crippen LogP contribution in [0.5, 0.6) is 0 Å². The van der Waals surface area contributed by atoms with Crippen LogP contribution in [0.1, 0.15) is 30.9 Å². The quantitative estimate of drug-likeness (QED) is 0.666. The second-order valence-corrected chi connectivity index (χ2v) is 5.18. The number of hydrogen-bond acceptors (Lipinski definition) is 5. The number of benzene rings is 1. The molecule has 0 atom stereocenters. The first-order valence-corrected chi connectivity index (χ1v) is 6.64. The maximum atomic E-state index is 11.3. The van der Waals surface area contributed by atoms with E-state index in [1.54, 1.807) is 26.0 Å². The summed E-state index contributed by atoms with van der Waals surface area (Å²) in [5.74, 6) is -0.712. The van der Waals surface area contributed by atoms with Crippen molar-refractivity contribution in [2.45, 2.75) is 26.7 Å². The van der Waals surface area contributed by atoms with E-state index < -0.39 is 10.8 Å². The first kappa shape index (κ1) is 15.3. The molecule has 0 bridgehead atoms. The summed E-state index contributed by atoms with van der Waals surface area (Å²) in [7, 11) is 0.